The summed E-state index contributed by atoms with van der Waals surface area (Å²) in [4.78, 5) is 38.5. The van der Waals surface area contributed by atoms with Gasteiger partial charge in [0.05, 0.1) is 10.2 Å². The molecule has 1 aliphatic carbocycles. The second kappa shape index (κ2) is 3.74. The lowest BCUT2D eigenvalue weighted by atomic mass is 9.83. The Bertz CT molecular complexity index is 625. The Kier molecular flexibility index (Phi) is 2.30. The molecule has 0 bridgehead atoms. The summed E-state index contributed by atoms with van der Waals surface area (Å²) in [6.07, 6.45) is 1.40. The molecule has 90 valence electrons. The number of rotatable bonds is 1. The summed E-state index contributed by atoms with van der Waals surface area (Å²) in [6, 6.07) is 3.11. The maximum atomic E-state index is 12.2. The van der Waals surface area contributed by atoms with Gasteiger partial charge in [-0.25, -0.2) is 0 Å². The van der Waals surface area contributed by atoms with Crippen LogP contribution in [0.2, 0.25) is 0 Å². The van der Waals surface area contributed by atoms with Crippen molar-refractivity contribution in [2.45, 2.75) is 5.25 Å². The van der Waals surface area contributed by atoms with Gasteiger partial charge in [0.25, 0.3) is 5.70 Å². The van der Waals surface area contributed by atoms with Gasteiger partial charge in [0, 0.05) is 17.2 Å². The zero-order valence-corrected chi connectivity index (χ0v) is 9.72. The average molecular weight is 262 g/mol. The zero-order chi connectivity index (χ0) is 12.9. The summed E-state index contributed by atoms with van der Waals surface area (Å²) in [5, 5.41) is 11.4. The smallest absolute Gasteiger partial charge is 0.264 e. The molecule has 3 rings (SSSR count). The SMILES string of the molecule is O=C1c2cccnc2C(=O)C2C([N+](=O)[O-])=CSC12. The molecule has 0 saturated heterocycles. The molecule has 2 atom stereocenters. The number of ketones is 2. The molecule has 0 aromatic carbocycles. The summed E-state index contributed by atoms with van der Waals surface area (Å²) in [5.41, 5.74) is 0.0906. The first kappa shape index (κ1) is 11.1. The van der Waals surface area contributed by atoms with Crippen LogP contribution in [-0.4, -0.2) is 26.7 Å². The highest BCUT2D eigenvalue weighted by atomic mass is 32.2. The molecule has 1 aliphatic heterocycles. The molecular formula is C11H6N2O4S. The monoisotopic (exact) mass is 262 g/mol. The number of hydrogen-bond donors (Lipinski definition) is 0. The topological polar surface area (TPSA) is 90.2 Å². The number of hydrogen-bond acceptors (Lipinski definition) is 6. The Balaban J connectivity index is 2.15. The van der Waals surface area contributed by atoms with E-state index in [1.807, 2.05) is 0 Å². The Hall–Kier alpha value is -2.02. The highest BCUT2D eigenvalue weighted by Crippen LogP contribution is 2.42. The number of allylic oxidation sites excluding steroid dienone is 1. The van der Waals surface area contributed by atoms with Crippen molar-refractivity contribution >= 4 is 23.3 Å². The summed E-state index contributed by atoms with van der Waals surface area (Å²) in [7, 11) is 0. The van der Waals surface area contributed by atoms with Gasteiger partial charge in [-0.05, 0) is 12.1 Å². The first-order chi connectivity index (χ1) is 8.61. The Labute approximate surface area is 105 Å². The predicted octanol–water partition coefficient (Wildman–Crippen LogP) is 1.31. The lowest BCUT2D eigenvalue weighted by Gasteiger charge is -2.22. The van der Waals surface area contributed by atoms with E-state index in [1.54, 1.807) is 6.07 Å². The maximum absolute atomic E-state index is 12.2. The van der Waals surface area contributed by atoms with Crippen molar-refractivity contribution in [3.8, 4) is 0 Å². The maximum Gasteiger partial charge on any atom is 0.264 e. The second-order valence-corrected chi connectivity index (χ2v) is 4.98. The number of Topliss-reactive ketones (excluding diaryl/α,β-unsaturated/α-hetero) is 2. The van der Waals surface area contributed by atoms with Gasteiger partial charge < -0.3 is 0 Å². The van der Waals surface area contributed by atoms with E-state index in [1.165, 1.54) is 17.7 Å². The van der Waals surface area contributed by atoms with Crippen LogP contribution in [0, 0.1) is 16.0 Å². The van der Waals surface area contributed by atoms with Crippen molar-refractivity contribution < 1.29 is 14.5 Å². The number of carbonyl (C=O) groups is 2. The average Bonchev–Trinajstić information content (AvgIpc) is 2.81. The van der Waals surface area contributed by atoms with Crippen molar-refractivity contribution in [3.63, 3.8) is 0 Å². The normalized spacial score (nSPS) is 25.4. The predicted molar refractivity (Wildman–Crippen MR) is 62.8 cm³/mol. The second-order valence-electron chi connectivity index (χ2n) is 3.96. The number of carbonyl (C=O) groups excluding carboxylic acids is 2. The molecule has 0 amide bonds. The van der Waals surface area contributed by atoms with Crippen LogP contribution in [-0.2, 0) is 0 Å². The summed E-state index contributed by atoms with van der Waals surface area (Å²) < 4.78 is 0. The fraction of sp³-hybridized carbons (Fsp3) is 0.182. The van der Waals surface area contributed by atoms with E-state index in [0.29, 0.717) is 0 Å². The molecule has 0 fully saturated rings. The fourth-order valence-electron chi connectivity index (χ4n) is 2.19. The lowest BCUT2D eigenvalue weighted by molar-refractivity contribution is -0.430. The third-order valence-corrected chi connectivity index (χ3v) is 4.17. The van der Waals surface area contributed by atoms with Crippen LogP contribution in [0.15, 0.2) is 29.4 Å². The molecule has 1 aromatic heterocycles. The molecule has 18 heavy (non-hydrogen) atoms. The van der Waals surface area contributed by atoms with E-state index in [9.17, 15) is 19.7 Å². The van der Waals surface area contributed by atoms with E-state index in [0.717, 1.165) is 11.8 Å². The minimum Gasteiger partial charge on any atom is -0.293 e. The van der Waals surface area contributed by atoms with E-state index in [-0.39, 0.29) is 22.7 Å². The van der Waals surface area contributed by atoms with Gasteiger partial charge in [-0.2, -0.15) is 0 Å². The van der Waals surface area contributed by atoms with E-state index >= 15 is 0 Å². The number of nitro groups is 1. The molecule has 7 heteroatoms. The molecule has 0 saturated carbocycles. The highest BCUT2D eigenvalue weighted by molar-refractivity contribution is 8.03. The fourth-order valence-corrected chi connectivity index (χ4v) is 3.38. The lowest BCUT2D eigenvalue weighted by Crippen LogP contribution is -2.39. The zero-order valence-electron chi connectivity index (χ0n) is 8.90. The number of thioether (sulfide) groups is 1. The first-order valence-corrected chi connectivity index (χ1v) is 6.09. The van der Waals surface area contributed by atoms with Gasteiger partial charge in [-0.15, -0.1) is 11.8 Å². The minimum atomic E-state index is -1.00. The van der Waals surface area contributed by atoms with Gasteiger partial charge in [0.2, 0.25) is 0 Å². The van der Waals surface area contributed by atoms with Gasteiger partial charge in [-0.1, -0.05) is 0 Å². The molecular weight excluding hydrogens is 256 g/mol. The quantitative estimate of drug-likeness (QED) is 0.560. The van der Waals surface area contributed by atoms with E-state index < -0.39 is 21.9 Å². The molecule has 2 unspecified atom stereocenters. The van der Waals surface area contributed by atoms with E-state index in [2.05, 4.69) is 4.98 Å². The van der Waals surface area contributed by atoms with Gasteiger partial charge in [0.15, 0.2) is 11.6 Å². The standard InChI is InChI=1S/C11H6N2O4S/c14-9-5-2-1-3-12-8(5)10(15)7-6(13(16)17)4-18-11(7)9/h1-4,7,11H. The van der Waals surface area contributed by atoms with Crippen LogP contribution in [0.5, 0.6) is 0 Å². The molecule has 2 aliphatic rings. The van der Waals surface area contributed by atoms with Crippen molar-refractivity contribution in [1.29, 1.82) is 0 Å². The van der Waals surface area contributed by atoms with Crippen molar-refractivity contribution in [3.05, 3.63) is 50.8 Å². The Morgan fingerprint density at radius 2 is 2.11 bits per heavy atom. The molecule has 0 N–H and O–H groups in total. The highest BCUT2D eigenvalue weighted by Gasteiger charge is 2.51. The van der Waals surface area contributed by atoms with Crippen molar-refractivity contribution in [2.24, 2.45) is 5.92 Å². The molecule has 0 radical (unpaired) electrons. The Morgan fingerprint density at radius 1 is 1.33 bits per heavy atom. The third kappa shape index (κ3) is 1.34. The van der Waals surface area contributed by atoms with Crippen molar-refractivity contribution in [1.82, 2.24) is 4.98 Å². The van der Waals surface area contributed by atoms with Crippen LogP contribution in [0.25, 0.3) is 0 Å². The van der Waals surface area contributed by atoms with E-state index in [4.69, 9.17) is 0 Å². The van der Waals surface area contributed by atoms with Gasteiger partial charge in [-0.3, -0.25) is 24.7 Å². The molecule has 6 nitrogen and oxygen atoms in total. The van der Waals surface area contributed by atoms with Crippen LogP contribution in [0.1, 0.15) is 20.8 Å². The Morgan fingerprint density at radius 3 is 2.83 bits per heavy atom. The largest absolute Gasteiger partial charge is 0.293 e. The van der Waals surface area contributed by atoms with Crippen LogP contribution in [0.4, 0.5) is 0 Å². The molecule has 2 heterocycles. The summed E-state index contributed by atoms with van der Waals surface area (Å²) in [6.45, 7) is 0. The van der Waals surface area contributed by atoms with Gasteiger partial charge >= 0.3 is 0 Å². The van der Waals surface area contributed by atoms with Crippen LogP contribution >= 0.6 is 11.8 Å². The molecule has 1 aromatic rings. The first-order valence-electron chi connectivity index (χ1n) is 5.14. The van der Waals surface area contributed by atoms with Crippen LogP contribution < -0.4 is 0 Å². The number of fused-ring (bicyclic) bond motifs is 2. The number of aromatic nitrogens is 1. The summed E-state index contributed by atoms with van der Waals surface area (Å²) in [5.74, 6) is -1.70. The number of nitrogens with zero attached hydrogens (tertiary/aromatic N) is 2. The summed E-state index contributed by atoms with van der Waals surface area (Å²) >= 11 is 1.04. The minimum absolute atomic E-state index is 0.0407. The van der Waals surface area contributed by atoms with Crippen molar-refractivity contribution in [2.75, 3.05) is 0 Å². The number of pyridine rings is 1. The van der Waals surface area contributed by atoms with Crippen LogP contribution in [0.3, 0.4) is 0 Å². The molecule has 0 spiro atoms. The third-order valence-electron chi connectivity index (χ3n) is 3.02. The van der Waals surface area contributed by atoms with Gasteiger partial charge in [0.1, 0.15) is 11.6 Å².